The summed E-state index contributed by atoms with van der Waals surface area (Å²) < 4.78 is 0. The van der Waals surface area contributed by atoms with Gasteiger partial charge in [0.1, 0.15) is 0 Å². The fourth-order valence-electron chi connectivity index (χ4n) is 0.623. The number of rotatable bonds is 0. The van der Waals surface area contributed by atoms with Crippen LogP contribution in [0.3, 0.4) is 0 Å². The predicted molar refractivity (Wildman–Crippen MR) is 44.6 cm³/mol. The molecule has 0 N–H and O–H groups in total. The molecule has 0 aliphatic heterocycles. The van der Waals surface area contributed by atoms with E-state index in [1.54, 1.807) is 0 Å². The number of benzene rings is 1. The minimum atomic E-state index is 0. The Morgan fingerprint density at radius 2 is 2.10 bits per heavy atom. The van der Waals surface area contributed by atoms with Crippen molar-refractivity contribution in [3.8, 4) is 0 Å². The normalized spacial score (nSPS) is 8.70. The van der Waals surface area contributed by atoms with Gasteiger partial charge in [-0.25, -0.2) is 0 Å². The van der Waals surface area contributed by atoms with Crippen LogP contribution >= 0.6 is 24.2 Å². The molecule has 0 heterocycles. The average Bonchev–Trinajstić information content (AvgIpc) is 1.83. The Hall–Kier alpha value is 0.457. The molecule has 0 spiro atoms. The van der Waals surface area contributed by atoms with Gasteiger partial charge in [-0.1, -0.05) is 23.7 Å². The van der Waals surface area contributed by atoms with E-state index in [1.807, 2.05) is 25.1 Å². The molecule has 0 atom stereocenters. The molecule has 0 aliphatic carbocycles. The van der Waals surface area contributed by atoms with Crippen LogP contribution in [0.15, 0.2) is 23.1 Å². The van der Waals surface area contributed by atoms with Gasteiger partial charge in [0.05, 0.1) is 5.02 Å². The third-order valence-electron chi connectivity index (χ3n) is 1.19. The van der Waals surface area contributed by atoms with Crippen molar-refractivity contribution in [2.24, 2.45) is 0 Å². The number of halogens is 1. The zero-order chi connectivity index (χ0) is 6.85. The van der Waals surface area contributed by atoms with E-state index in [2.05, 4.69) is 12.6 Å². The molecular weight excluding hydrogens is 159 g/mol. The molecule has 0 saturated carbocycles. The van der Waals surface area contributed by atoms with Gasteiger partial charge in [-0.2, -0.15) is 0 Å². The molecule has 0 radical (unpaired) electrons. The standard InChI is InChI=1S/C7H7ClS.Li.H/c1-5-3-2-4-6(8)7(5)9;;/h2-4,9H,1H3;;/q;+1;-1. The smallest absolute Gasteiger partial charge is 1.00 e. The zero-order valence-electron chi connectivity index (χ0n) is 7.06. The molecular formula is C7H8ClLiS. The average molecular weight is 167 g/mol. The molecule has 0 saturated heterocycles. The summed E-state index contributed by atoms with van der Waals surface area (Å²) in [6.07, 6.45) is 0. The van der Waals surface area contributed by atoms with Gasteiger partial charge in [-0.05, 0) is 18.6 Å². The largest absolute Gasteiger partial charge is 1.00 e. The van der Waals surface area contributed by atoms with Crippen LogP contribution in [0.4, 0.5) is 0 Å². The topological polar surface area (TPSA) is 0 Å². The van der Waals surface area contributed by atoms with Crippen molar-refractivity contribution in [1.29, 1.82) is 0 Å². The van der Waals surface area contributed by atoms with E-state index in [1.165, 1.54) is 0 Å². The molecule has 0 amide bonds. The third-order valence-corrected chi connectivity index (χ3v) is 2.23. The Bertz CT molecular complexity index is 209. The summed E-state index contributed by atoms with van der Waals surface area (Å²) in [6, 6.07) is 5.72. The van der Waals surface area contributed by atoms with Crippen molar-refractivity contribution >= 4 is 24.2 Å². The van der Waals surface area contributed by atoms with Gasteiger partial charge in [0.25, 0.3) is 0 Å². The van der Waals surface area contributed by atoms with E-state index in [0.29, 0.717) is 0 Å². The van der Waals surface area contributed by atoms with E-state index in [9.17, 15) is 0 Å². The molecule has 0 bridgehead atoms. The van der Waals surface area contributed by atoms with Gasteiger partial charge in [-0.3, -0.25) is 0 Å². The molecule has 0 aliphatic rings. The first-order valence-electron chi connectivity index (χ1n) is 2.66. The molecule has 50 valence electrons. The second-order valence-corrected chi connectivity index (χ2v) is 2.76. The summed E-state index contributed by atoms with van der Waals surface area (Å²) in [6.45, 7) is 1.98. The molecule has 0 aromatic heterocycles. The first-order valence-corrected chi connectivity index (χ1v) is 3.48. The van der Waals surface area contributed by atoms with Crippen LogP contribution in [0.5, 0.6) is 0 Å². The van der Waals surface area contributed by atoms with Gasteiger partial charge >= 0.3 is 18.9 Å². The minimum absolute atomic E-state index is 0. The molecule has 3 heteroatoms. The van der Waals surface area contributed by atoms with E-state index >= 15 is 0 Å². The molecule has 10 heavy (non-hydrogen) atoms. The van der Waals surface area contributed by atoms with Gasteiger partial charge in [0.15, 0.2) is 0 Å². The summed E-state index contributed by atoms with van der Waals surface area (Å²) in [5, 5.41) is 0.721. The van der Waals surface area contributed by atoms with Crippen molar-refractivity contribution in [2.45, 2.75) is 11.8 Å². The van der Waals surface area contributed by atoms with E-state index in [4.69, 9.17) is 11.6 Å². The minimum Gasteiger partial charge on any atom is -1.00 e. The first-order chi connectivity index (χ1) is 4.22. The van der Waals surface area contributed by atoms with Crippen LogP contribution in [-0.4, -0.2) is 0 Å². The summed E-state index contributed by atoms with van der Waals surface area (Å²) >= 11 is 9.92. The van der Waals surface area contributed by atoms with E-state index < -0.39 is 0 Å². The van der Waals surface area contributed by atoms with Crippen molar-refractivity contribution < 1.29 is 20.3 Å². The fourth-order valence-corrected chi connectivity index (χ4v) is 0.994. The zero-order valence-corrected chi connectivity index (χ0v) is 7.71. The van der Waals surface area contributed by atoms with Crippen molar-refractivity contribution in [3.05, 3.63) is 28.8 Å². The first kappa shape index (κ1) is 10.5. The second kappa shape index (κ2) is 4.36. The summed E-state index contributed by atoms with van der Waals surface area (Å²) in [7, 11) is 0. The van der Waals surface area contributed by atoms with Crippen molar-refractivity contribution in [3.63, 3.8) is 0 Å². The molecule has 1 rings (SSSR count). The Balaban J connectivity index is 0. The number of thiol groups is 1. The molecule has 1 aromatic rings. The summed E-state index contributed by atoms with van der Waals surface area (Å²) in [5.74, 6) is 0. The van der Waals surface area contributed by atoms with Gasteiger partial charge in [-0.15, -0.1) is 12.6 Å². The monoisotopic (exact) mass is 166 g/mol. The van der Waals surface area contributed by atoms with Crippen LogP contribution < -0.4 is 18.9 Å². The predicted octanol–water partition coefficient (Wildman–Crippen LogP) is 0.0536. The maximum atomic E-state index is 5.74. The maximum Gasteiger partial charge on any atom is 1.00 e. The number of aryl methyl sites for hydroxylation is 1. The van der Waals surface area contributed by atoms with Gasteiger partial charge in [0, 0.05) is 4.90 Å². The summed E-state index contributed by atoms with van der Waals surface area (Å²) in [4.78, 5) is 0.874. The van der Waals surface area contributed by atoms with Crippen LogP contribution in [0.25, 0.3) is 0 Å². The van der Waals surface area contributed by atoms with Crippen LogP contribution in [0.1, 0.15) is 6.99 Å². The Kier molecular flexibility index (Phi) is 4.56. The van der Waals surface area contributed by atoms with E-state index in [-0.39, 0.29) is 20.3 Å². The van der Waals surface area contributed by atoms with Gasteiger partial charge < -0.3 is 1.43 Å². The van der Waals surface area contributed by atoms with Crippen molar-refractivity contribution in [1.82, 2.24) is 0 Å². The number of hydrogen-bond donors (Lipinski definition) is 1. The summed E-state index contributed by atoms with van der Waals surface area (Å²) in [5.41, 5.74) is 1.12. The quantitative estimate of drug-likeness (QED) is 0.409. The van der Waals surface area contributed by atoms with Crippen LogP contribution in [0, 0.1) is 6.92 Å². The Labute approximate surface area is 85.0 Å². The number of hydrogen-bond acceptors (Lipinski definition) is 1. The van der Waals surface area contributed by atoms with Crippen molar-refractivity contribution in [2.75, 3.05) is 0 Å². The maximum absolute atomic E-state index is 5.74. The molecule has 0 nitrogen and oxygen atoms in total. The van der Waals surface area contributed by atoms with Gasteiger partial charge in [0.2, 0.25) is 0 Å². The van der Waals surface area contributed by atoms with Crippen LogP contribution in [0.2, 0.25) is 5.02 Å². The molecule has 0 fully saturated rings. The second-order valence-electron chi connectivity index (χ2n) is 1.91. The third kappa shape index (κ3) is 2.25. The SMILES string of the molecule is Cc1cccc(Cl)c1S.[H-].[Li+]. The molecule has 0 unspecified atom stereocenters. The Morgan fingerprint density at radius 1 is 1.50 bits per heavy atom. The van der Waals surface area contributed by atoms with E-state index in [0.717, 1.165) is 15.5 Å². The van der Waals surface area contributed by atoms with Crippen LogP contribution in [-0.2, 0) is 0 Å². The molecule has 1 aromatic carbocycles. The Morgan fingerprint density at radius 3 is 2.50 bits per heavy atom. The fraction of sp³-hybridized carbons (Fsp3) is 0.143.